The van der Waals surface area contributed by atoms with Crippen LogP contribution >= 0.6 is 0 Å². The first-order valence-electron chi connectivity index (χ1n) is 3.98. The zero-order valence-corrected chi connectivity index (χ0v) is 8.02. The molecule has 0 aliphatic heterocycles. The Bertz CT molecular complexity index is 317. The Kier molecular flexibility index (Phi) is 4.53. The van der Waals surface area contributed by atoms with Gasteiger partial charge in [0.25, 0.3) is 5.69 Å². The van der Waals surface area contributed by atoms with Crippen LogP contribution in [-0.2, 0) is 0 Å². The third-order valence-electron chi connectivity index (χ3n) is 1.84. The van der Waals surface area contributed by atoms with Crippen LogP contribution in [0.15, 0.2) is 24.3 Å². The summed E-state index contributed by atoms with van der Waals surface area (Å²) in [5.74, 6) is 0. The predicted octanol–water partition coefficient (Wildman–Crippen LogP) is 0.340. The Morgan fingerprint density at radius 3 is 1.86 bits per heavy atom. The van der Waals surface area contributed by atoms with Gasteiger partial charge in [-0.15, -0.1) is 0 Å². The topological polar surface area (TPSA) is 43.1 Å². The molecule has 0 unspecified atom stereocenters. The molecule has 0 fully saturated rings. The average molecular weight is 304 g/mol. The van der Waals surface area contributed by atoms with Crippen LogP contribution < -0.4 is 4.48 Å². The molecule has 0 atom stereocenters. The monoisotopic (exact) mass is 305 g/mol. The van der Waals surface area contributed by atoms with E-state index in [4.69, 9.17) is 0 Å². The molecule has 1 aromatic rings. The van der Waals surface area contributed by atoms with E-state index < -0.39 is 0 Å². The van der Waals surface area contributed by atoms with Crippen LogP contribution in [0, 0.1) is 10.1 Å². The SMILES string of the molecule is C[N+](C)(C)c1ccc([N+](=O)[O-])cc1.[SnH4]. The summed E-state index contributed by atoms with van der Waals surface area (Å²) < 4.78 is 0.665. The van der Waals surface area contributed by atoms with Gasteiger partial charge in [-0.1, -0.05) is 0 Å². The van der Waals surface area contributed by atoms with Gasteiger partial charge in [0.15, 0.2) is 0 Å². The summed E-state index contributed by atoms with van der Waals surface area (Å²) in [5, 5.41) is 10.4. The van der Waals surface area contributed by atoms with Crippen molar-refractivity contribution >= 4 is 35.3 Å². The fourth-order valence-electron chi connectivity index (χ4n) is 1.02. The minimum absolute atomic E-state index is 0. The number of hydrogen-bond acceptors (Lipinski definition) is 2. The number of hydrogen-bond donors (Lipinski definition) is 0. The number of benzene rings is 1. The standard InChI is InChI=1S/C9H13N2O2.Sn.4H/c1-11(2,3)9-6-4-8(5-7-9)10(12)13;;;;;/h4-7H,1-3H3;;;;;/q+1;;;;;. The molecule has 0 heterocycles. The van der Waals surface area contributed by atoms with Gasteiger partial charge < -0.3 is 0 Å². The van der Waals surface area contributed by atoms with Crippen molar-refractivity contribution in [2.75, 3.05) is 21.1 Å². The van der Waals surface area contributed by atoms with E-state index in [9.17, 15) is 10.1 Å². The molecule has 0 aliphatic carbocycles. The van der Waals surface area contributed by atoms with Crippen LogP contribution in [0.5, 0.6) is 0 Å². The van der Waals surface area contributed by atoms with Crippen LogP contribution in [0.2, 0.25) is 0 Å². The molecule has 1 aromatic carbocycles. The first-order valence-corrected chi connectivity index (χ1v) is 3.98. The van der Waals surface area contributed by atoms with Crippen molar-refractivity contribution in [1.29, 1.82) is 0 Å². The molecule has 0 N–H and O–H groups in total. The molecular weight excluding hydrogens is 287 g/mol. The van der Waals surface area contributed by atoms with Crippen LogP contribution in [0.4, 0.5) is 11.4 Å². The first-order chi connectivity index (χ1) is 5.91. The summed E-state index contributed by atoms with van der Waals surface area (Å²) in [6.07, 6.45) is 0. The van der Waals surface area contributed by atoms with Gasteiger partial charge in [0.2, 0.25) is 0 Å². The summed E-state index contributed by atoms with van der Waals surface area (Å²) >= 11 is 0. The van der Waals surface area contributed by atoms with Gasteiger partial charge in [0.05, 0.1) is 26.1 Å². The number of rotatable bonds is 2. The summed E-state index contributed by atoms with van der Waals surface area (Å²) in [6.45, 7) is 0. The van der Waals surface area contributed by atoms with Crippen LogP contribution in [0.25, 0.3) is 0 Å². The molecule has 0 amide bonds. The Morgan fingerprint density at radius 2 is 1.57 bits per heavy atom. The molecule has 1 rings (SSSR count). The number of nitro groups is 1. The van der Waals surface area contributed by atoms with Crippen molar-refractivity contribution in [2.45, 2.75) is 0 Å². The van der Waals surface area contributed by atoms with E-state index in [2.05, 4.69) is 0 Å². The van der Waals surface area contributed by atoms with Crippen molar-refractivity contribution in [2.24, 2.45) is 0 Å². The van der Waals surface area contributed by atoms with E-state index in [-0.39, 0.29) is 34.5 Å². The Balaban J connectivity index is 0.00000169. The van der Waals surface area contributed by atoms with Gasteiger partial charge in [-0.2, -0.15) is 0 Å². The molecule has 0 aromatic heterocycles. The normalized spacial score (nSPS) is 10.5. The van der Waals surface area contributed by atoms with Gasteiger partial charge in [-0.3, -0.25) is 14.6 Å². The van der Waals surface area contributed by atoms with E-state index in [1.165, 1.54) is 12.1 Å². The summed E-state index contributed by atoms with van der Waals surface area (Å²) in [5.41, 5.74) is 1.18. The molecule has 78 valence electrons. The summed E-state index contributed by atoms with van der Waals surface area (Å²) in [4.78, 5) is 9.97. The van der Waals surface area contributed by atoms with Crippen LogP contribution in [0.1, 0.15) is 0 Å². The molecule has 14 heavy (non-hydrogen) atoms. The third kappa shape index (κ3) is 3.26. The molecule has 0 bridgehead atoms. The first kappa shape index (κ1) is 13.4. The molecule has 0 saturated carbocycles. The molecule has 5 heteroatoms. The summed E-state index contributed by atoms with van der Waals surface area (Å²) in [7, 11) is 6.05. The molecule has 0 spiro atoms. The fourth-order valence-corrected chi connectivity index (χ4v) is 1.02. The van der Waals surface area contributed by atoms with Crippen LogP contribution in [0.3, 0.4) is 0 Å². The second kappa shape index (κ2) is 4.74. The molecular formula is C9H17N2O2Sn+. The van der Waals surface area contributed by atoms with Gasteiger partial charge >= 0.3 is 23.9 Å². The van der Waals surface area contributed by atoms with Gasteiger partial charge in [-0.25, -0.2) is 0 Å². The van der Waals surface area contributed by atoms with E-state index in [1.54, 1.807) is 12.1 Å². The van der Waals surface area contributed by atoms with Crippen molar-refractivity contribution in [3.8, 4) is 0 Å². The quantitative estimate of drug-likeness (QED) is 0.342. The molecule has 0 aliphatic rings. The van der Waals surface area contributed by atoms with E-state index in [0.717, 1.165) is 5.69 Å². The minimum atomic E-state index is -0.389. The van der Waals surface area contributed by atoms with Crippen LogP contribution in [-0.4, -0.2) is 50.0 Å². The van der Waals surface area contributed by atoms with E-state index in [0.29, 0.717) is 4.48 Å². The average Bonchev–Trinajstić information content (AvgIpc) is 2.03. The maximum absolute atomic E-state index is 10.4. The number of nitrogens with zero attached hydrogens (tertiary/aromatic N) is 2. The van der Waals surface area contributed by atoms with Crippen molar-refractivity contribution in [1.82, 2.24) is 4.48 Å². The van der Waals surface area contributed by atoms with E-state index in [1.807, 2.05) is 21.1 Å². The molecule has 0 radical (unpaired) electrons. The predicted molar refractivity (Wildman–Crippen MR) is 64.0 cm³/mol. The maximum atomic E-state index is 10.4. The van der Waals surface area contributed by atoms with Crippen molar-refractivity contribution in [3.63, 3.8) is 0 Å². The van der Waals surface area contributed by atoms with Gasteiger partial charge in [0, 0.05) is 24.3 Å². The Morgan fingerprint density at radius 1 is 1.14 bits per heavy atom. The zero-order chi connectivity index (χ0) is 10.1. The van der Waals surface area contributed by atoms with Gasteiger partial charge in [-0.05, 0) is 0 Å². The fraction of sp³-hybridized carbons (Fsp3) is 0.333. The van der Waals surface area contributed by atoms with Crippen molar-refractivity contribution in [3.05, 3.63) is 34.4 Å². The number of nitro benzene ring substituents is 1. The van der Waals surface area contributed by atoms with Crippen molar-refractivity contribution < 1.29 is 4.92 Å². The second-order valence-electron chi connectivity index (χ2n) is 3.79. The second-order valence-corrected chi connectivity index (χ2v) is 3.79. The molecule has 4 nitrogen and oxygen atoms in total. The molecule has 0 saturated heterocycles. The Hall–Kier alpha value is -0.621. The number of non-ortho nitro benzene ring substituents is 1. The number of quaternary nitrogens is 1. The van der Waals surface area contributed by atoms with Gasteiger partial charge in [0.1, 0.15) is 5.69 Å². The third-order valence-corrected chi connectivity index (χ3v) is 1.84. The van der Waals surface area contributed by atoms with E-state index >= 15 is 0 Å². The zero-order valence-electron chi connectivity index (χ0n) is 8.02. The Labute approximate surface area is 100 Å². The summed E-state index contributed by atoms with van der Waals surface area (Å²) in [6, 6.07) is 6.61.